The van der Waals surface area contributed by atoms with E-state index in [0.29, 0.717) is 17.1 Å². The maximum atomic E-state index is 12.5. The molecule has 25 heavy (non-hydrogen) atoms. The fourth-order valence-corrected chi connectivity index (χ4v) is 2.55. The number of nitro benzene ring substituents is 1. The van der Waals surface area contributed by atoms with Gasteiger partial charge in [-0.2, -0.15) is 0 Å². The van der Waals surface area contributed by atoms with Crippen LogP contribution < -0.4 is 14.8 Å². The Labute approximate surface area is 145 Å². The van der Waals surface area contributed by atoms with Crippen molar-refractivity contribution in [2.24, 2.45) is 0 Å². The summed E-state index contributed by atoms with van der Waals surface area (Å²) in [6, 6.07) is 9.50. The van der Waals surface area contributed by atoms with E-state index in [4.69, 9.17) is 9.47 Å². The summed E-state index contributed by atoms with van der Waals surface area (Å²) in [6.45, 7) is 3.39. The molecule has 2 rings (SSSR count). The summed E-state index contributed by atoms with van der Waals surface area (Å²) in [5.74, 6) is 0.787. The maximum absolute atomic E-state index is 12.5. The summed E-state index contributed by atoms with van der Waals surface area (Å²) in [7, 11) is 3.09. The third-order valence-corrected chi connectivity index (χ3v) is 4.00. The summed E-state index contributed by atoms with van der Waals surface area (Å²) in [6.07, 6.45) is 0. The van der Waals surface area contributed by atoms with Crippen molar-refractivity contribution in [3.63, 3.8) is 0 Å². The number of carbonyl (C=O) groups is 1. The minimum absolute atomic E-state index is 0.0774. The monoisotopic (exact) mass is 344 g/mol. The van der Waals surface area contributed by atoms with Crippen LogP contribution in [0.5, 0.6) is 11.5 Å². The number of ether oxygens (including phenoxy) is 2. The zero-order valence-electron chi connectivity index (χ0n) is 14.5. The molecule has 0 unspecified atom stereocenters. The van der Waals surface area contributed by atoms with Crippen LogP contribution in [0.3, 0.4) is 0 Å². The van der Waals surface area contributed by atoms with Gasteiger partial charge in [0.25, 0.3) is 11.6 Å². The Morgan fingerprint density at radius 2 is 1.84 bits per heavy atom. The average Bonchev–Trinajstić information content (AvgIpc) is 2.60. The quantitative estimate of drug-likeness (QED) is 0.640. The van der Waals surface area contributed by atoms with Gasteiger partial charge in [-0.1, -0.05) is 12.1 Å². The number of hydrogen-bond acceptors (Lipinski definition) is 5. The van der Waals surface area contributed by atoms with Gasteiger partial charge in [-0.3, -0.25) is 14.9 Å². The Morgan fingerprint density at radius 3 is 2.44 bits per heavy atom. The molecule has 2 aromatic carbocycles. The van der Waals surface area contributed by atoms with Crippen LogP contribution in [0, 0.1) is 17.0 Å². The average molecular weight is 344 g/mol. The lowest BCUT2D eigenvalue weighted by atomic mass is 10.0. The molecule has 2 aromatic rings. The molecule has 0 radical (unpaired) electrons. The number of nitrogens with zero attached hydrogens (tertiary/aromatic N) is 1. The Balaban J connectivity index is 2.24. The first-order valence-corrected chi connectivity index (χ1v) is 7.65. The van der Waals surface area contributed by atoms with Crippen LogP contribution >= 0.6 is 0 Å². The van der Waals surface area contributed by atoms with Crippen molar-refractivity contribution >= 4 is 11.6 Å². The second-order valence-corrected chi connectivity index (χ2v) is 5.52. The highest BCUT2D eigenvalue weighted by Crippen LogP contribution is 2.30. The van der Waals surface area contributed by atoms with E-state index >= 15 is 0 Å². The number of hydrogen-bond donors (Lipinski definition) is 1. The van der Waals surface area contributed by atoms with Gasteiger partial charge in [0, 0.05) is 17.2 Å². The summed E-state index contributed by atoms with van der Waals surface area (Å²) < 4.78 is 10.5. The van der Waals surface area contributed by atoms with Gasteiger partial charge in [0.1, 0.15) is 0 Å². The second-order valence-electron chi connectivity index (χ2n) is 5.52. The zero-order chi connectivity index (χ0) is 18.6. The van der Waals surface area contributed by atoms with Crippen LogP contribution in [0.2, 0.25) is 0 Å². The van der Waals surface area contributed by atoms with Crippen LogP contribution in [0.4, 0.5) is 5.69 Å². The Hall–Kier alpha value is -3.09. The normalized spacial score (nSPS) is 11.5. The van der Waals surface area contributed by atoms with E-state index < -0.39 is 4.92 Å². The lowest BCUT2D eigenvalue weighted by Gasteiger charge is -2.17. The predicted octanol–water partition coefficient (Wildman–Crippen LogP) is 3.41. The van der Waals surface area contributed by atoms with E-state index in [1.54, 1.807) is 32.2 Å². The number of carbonyl (C=O) groups excluding carboxylic acids is 1. The molecule has 0 spiro atoms. The number of benzene rings is 2. The van der Waals surface area contributed by atoms with Crippen LogP contribution in [-0.2, 0) is 0 Å². The lowest BCUT2D eigenvalue weighted by molar-refractivity contribution is -0.385. The molecule has 0 aliphatic rings. The lowest BCUT2D eigenvalue weighted by Crippen LogP contribution is -2.27. The number of amides is 1. The Morgan fingerprint density at radius 1 is 1.16 bits per heavy atom. The first-order chi connectivity index (χ1) is 11.9. The van der Waals surface area contributed by atoms with Gasteiger partial charge >= 0.3 is 0 Å². The van der Waals surface area contributed by atoms with Gasteiger partial charge in [0.15, 0.2) is 11.5 Å². The van der Waals surface area contributed by atoms with Gasteiger partial charge in [-0.05, 0) is 37.6 Å². The van der Waals surface area contributed by atoms with Gasteiger partial charge in [-0.25, -0.2) is 0 Å². The topological polar surface area (TPSA) is 90.7 Å². The molecule has 7 heteroatoms. The van der Waals surface area contributed by atoms with E-state index in [1.807, 2.05) is 13.0 Å². The number of nitro groups is 1. The molecule has 0 aliphatic heterocycles. The molecule has 0 aliphatic carbocycles. The molecule has 1 amide bonds. The summed E-state index contributed by atoms with van der Waals surface area (Å²) in [4.78, 5) is 23.0. The fourth-order valence-electron chi connectivity index (χ4n) is 2.55. The van der Waals surface area contributed by atoms with Crippen LogP contribution in [0.1, 0.15) is 34.5 Å². The molecule has 7 nitrogen and oxygen atoms in total. The predicted molar refractivity (Wildman–Crippen MR) is 93.3 cm³/mol. The summed E-state index contributed by atoms with van der Waals surface area (Å²) in [5.41, 5.74) is 1.37. The molecule has 0 heterocycles. The molecule has 1 N–H and O–H groups in total. The van der Waals surface area contributed by atoms with Crippen molar-refractivity contribution in [2.75, 3.05) is 14.2 Å². The Bertz CT molecular complexity index is 804. The number of methoxy groups -OCH3 is 2. The molecule has 0 saturated carbocycles. The smallest absolute Gasteiger partial charge is 0.273 e. The van der Waals surface area contributed by atoms with Crippen molar-refractivity contribution in [3.8, 4) is 11.5 Å². The maximum Gasteiger partial charge on any atom is 0.273 e. The summed E-state index contributed by atoms with van der Waals surface area (Å²) in [5, 5.41) is 13.9. The minimum atomic E-state index is -0.496. The van der Waals surface area contributed by atoms with Crippen LogP contribution in [-0.4, -0.2) is 25.1 Å². The molecule has 0 saturated heterocycles. The standard InChI is InChI=1S/C18H20N2O5/c1-11-14(6-5-7-15(11)20(22)23)18(21)19-12(2)13-8-9-16(24-3)17(10-13)25-4/h5-10,12H,1-4H3,(H,19,21)/t12-/m0/s1. The van der Waals surface area contributed by atoms with E-state index in [-0.39, 0.29) is 23.2 Å². The van der Waals surface area contributed by atoms with Crippen LogP contribution in [0.15, 0.2) is 36.4 Å². The van der Waals surface area contributed by atoms with Crippen molar-refractivity contribution in [1.82, 2.24) is 5.32 Å². The second kappa shape index (κ2) is 7.65. The van der Waals surface area contributed by atoms with E-state index in [2.05, 4.69) is 5.32 Å². The van der Waals surface area contributed by atoms with E-state index in [1.165, 1.54) is 19.2 Å². The Kier molecular flexibility index (Phi) is 5.59. The molecule has 0 bridgehead atoms. The van der Waals surface area contributed by atoms with E-state index in [9.17, 15) is 14.9 Å². The third kappa shape index (κ3) is 3.88. The van der Waals surface area contributed by atoms with Gasteiger partial charge < -0.3 is 14.8 Å². The highest BCUT2D eigenvalue weighted by atomic mass is 16.6. The van der Waals surface area contributed by atoms with Gasteiger partial charge in [0.05, 0.1) is 25.2 Å². The van der Waals surface area contributed by atoms with Crippen molar-refractivity contribution in [2.45, 2.75) is 19.9 Å². The zero-order valence-corrected chi connectivity index (χ0v) is 14.5. The molecular weight excluding hydrogens is 324 g/mol. The highest BCUT2D eigenvalue weighted by molar-refractivity contribution is 5.96. The highest BCUT2D eigenvalue weighted by Gasteiger charge is 2.20. The van der Waals surface area contributed by atoms with Crippen molar-refractivity contribution in [3.05, 3.63) is 63.2 Å². The third-order valence-electron chi connectivity index (χ3n) is 4.00. The van der Waals surface area contributed by atoms with Crippen LogP contribution in [0.25, 0.3) is 0 Å². The summed E-state index contributed by atoms with van der Waals surface area (Å²) >= 11 is 0. The first kappa shape index (κ1) is 18.3. The molecule has 0 fully saturated rings. The van der Waals surface area contributed by atoms with Crippen molar-refractivity contribution < 1.29 is 19.2 Å². The minimum Gasteiger partial charge on any atom is -0.493 e. The molecule has 1 atom stereocenters. The van der Waals surface area contributed by atoms with Crippen molar-refractivity contribution in [1.29, 1.82) is 0 Å². The number of nitrogens with one attached hydrogen (secondary N) is 1. The molecule has 0 aromatic heterocycles. The molecule has 132 valence electrons. The largest absolute Gasteiger partial charge is 0.493 e. The van der Waals surface area contributed by atoms with E-state index in [0.717, 1.165) is 5.56 Å². The number of rotatable bonds is 6. The SMILES string of the molecule is COc1ccc([C@H](C)NC(=O)c2cccc([N+](=O)[O-])c2C)cc1OC. The van der Waals surface area contributed by atoms with Gasteiger partial charge in [0.2, 0.25) is 0 Å². The first-order valence-electron chi connectivity index (χ1n) is 7.65. The molecular formula is C18H20N2O5. The van der Waals surface area contributed by atoms with Gasteiger partial charge in [-0.15, -0.1) is 0 Å². The fraction of sp³-hybridized carbons (Fsp3) is 0.278.